The maximum Gasteiger partial charge on any atom is 0.106 e. The van der Waals surface area contributed by atoms with Crippen LogP contribution in [0.4, 0.5) is 5.69 Å². The smallest absolute Gasteiger partial charge is 0.106 e. The van der Waals surface area contributed by atoms with E-state index in [9.17, 15) is 0 Å². The summed E-state index contributed by atoms with van der Waals surface area (Å²) in [6, 6.07) is 4.06. The van der Waals surface area contributed by atoms with Crippen molar-refractivity contribution in [2.45, 2.75) is 26.8 Å². The van der Waals surface area contributed by atoms with Crippen molar-refractivity contribution in [1.29, 1.82) is 0 Å². The highest BCUT2D eigenvalue weighted by molar-refractivity contribution is 5.81. The van der Waals surface area contributed by atoms with E-state index in [0.717, 1.165) is 47.7 Å². The van der Waals surface area contributed by atoms with Gasteiger partial charge >= 0.3 is 0 Å². The first-order chi connectivity index (χ1) is 8.13. The summed E-state index contributed by atoms with van der Waals surface area (Å²) in [7, 11) is 1.72. The SMILES string of the molecule is COCCCn1c(C)nc2cc(C)c(N)cc21. The Labute approximate surface area is 101 Å². The van der Waals surface area contributed by atoms with E-state index in [1.165, 1.54) is 0 Å². The average molecular weight is 233 g/mol. The molecule has 0 aliphatic heterocycles. The molecule has 0 unspecified atom stereocenters. The molecule has 4 heteroatoms. The van der Waals surface area contributed by atoms with Crippen LogP contribution in [-0.4, -0.2) is 23.3 Å². The summed E-state index contributed by atoms with van der Waals surface area (Å²) in [5, 5.41) is 0. The molecule has 17 heavy (non-hydrogen) atoms. The minimum atomic E-state index is 0.764. The van der Waals surface area contributed by atoms with E-state index in [1.807, 2.05) is 26.0 Å². The van der Waals surface area contributed by atoms with Gasteiger partial charge in [-0.2, -0.15) is 0 Å². The van der Waals surface area contributed by atoms with Crippen molar-refractivity contribution in [3.8, 4) is 0 Å². The van der Waals surface area contributed by atoms with Crippen molar-refractivity contribution in [1.82, 2.24) is 9.55 Å². The van der Waals surface area contributed by atoms with Crippen LogP contribution in [-0.2, 0) is 11.3 Å². The third-order valence-electron chi connectivity index (χ3n) is 3.06. The summed E-state index contributed by atoms with van der Waals surface area (Å²) >= 11 is 0. The van der Waals surface area contributed by atoms with Crippen LogP contribution in [0.2, 0.25) is 0 Å². The lowest BCUT2D eigenvalue weighted by atomic mass is 10.2. The maximum atomic E-state index is 5.95. The third-order valence-corrected chi connectivity index (χ3v) is 3.06. The molecule has 2 N–H and O–H groups in total. The van der Waals surface area contributed by atoms with Crippen LogP contribution in [0.5, 0.6) is 0 Å². The van der Waals surface area contributed by atoms with E-state index >= 15 is 0 Å². The number of aromatic nitrogens is 2. The molecule has 0 saturated carbocycles. The second-order valence-electron chi connectivity index (χ2n) is 4.35. The van der Waals surface area contributed by atoms with Crippen LogP contribution in [0.15, 0.2) is 12.1 Å². The molecule has 0 aliphatic carbocycles. The summed E-state index contributed by atoms with van der Waals surface area (Å²) in [5.74, 6) is 1.03. The first-order valence-corrected chi connectivity index (χ1v) is 5.85. The molecule has 0 aliphatic rings. The molecule has 0 bridgehead atoms. The fourth-order valence-corrected chi connectivity index (χ4v) is 2.06. The van der Waals surface area contributed by atoms with Gasteiger partial charge < -0.3 is 15.0 Å². The van der Waals surface area contributed by atoms with Gasteiger partial charge in [-0.1, -0.05) is 0 Å². The van der Waals surface area contributed by atoms with E-state index in [1.54, 1.807) is 7.11 Å². The van der Waals surface area contributed by atoms with E-state index in [4.69, 9.17) is 10.5 Å². The Balaban J connectivity index is 2.40. The van der Waals surface area contributed by atoms with Gasteiger partial charge in [0, 0.05) is 25.9 Å². The summed E-state index contributed by atoms with van der Waals surface area (Å²) < 4.78 is 7.28. The molecule has 4 nitrogen and oxygen atoms in total. The van der Waals surface area contributed by atoms with E-state index < -0.39 is 0 Å². The lowest BCUT2D eigenvalue weighted by molar-refractivity contribution is 0.190. The largest absolute Gasteiger partial charge is 0.398 e. The number of ether oxygens (including phenoxy) is 1. The summed E-state index contributed by atoms with van der Waals surface area (Å²) in [6.07, 6.45) is 0.983. The third kappa shape index (κ3) is 2.26. The zero-order valence-electron chi connectivity index (χ0n) is 10.7. The molecular formula is C13H19N3O. The first kappa shape index (κ1) is 11.9. The van der Waals surface area contributed by atoms with Crippen molar-refractivity contribution in [2.24, 2.45) is 0 Å². The maximum absolute atomic E-state index is 5.95. The molecule has 2 aromatic rings. The fourth-order valence-electron chi connectivity index (χ4n) is 2.06. The lowest BCUT2D eigenvalue weighted by Crippen LogP contribution is -2.03. The van der Waals surface area contributed by atoms with Gasteiger partial charge in [0.25, 0.3) is 0 Å². The number of nitrogens with zero attached hydrogens (tertiary/aromatic N) is 2. The Hall–Kier alpha value is -1.55. The van der Waals surface area contributed by atoms with Gasteiger partial charge in [-0.3, -0.25) is 0 Å². The zero-order valence-corrected chi connectivity index (χ0v) is 10.7. The zero-order chi connectivity index (χ0) is 12.4. The molecule has 0 radical (unpaired) electrons. The van der Waals surface area contributed by atoms with Gasteiger partial charge in [0.2, 0.25) is 0 Å². The van der Waals surface area contributed by atoms with Crippen LogP contribution in [0, 0.1) is 13.8 Å². The molecule has 0 fully saturated rings. The highest BCUT2D eigenvalue weighted by Gasteiger charge is 2.08. The van der Waals surface area contributed by atoms with Crippen molar-refractivity contribution in [2.75, 3.05) is 19.5 Å². The second-order valence-corrected chi connectivity index (χ2v) is 4.35. The highest BCUT2D eigenvalue weighted by Crippen LogP contribution is 2.22. The number of hydrogen-bond acceptors (Lipinski definition) is 3. The number of hydrogen-bond donors (Lipinski definition) is 1. The van der Waals surface area contributed by atoms with Crippen LogP contribution in [0.1, 0.15) is 17.8 Å². The van der Waals surface area contributed by atoms with Crippen molar-refractivity contribution >= 4 is 16.7 Å². The van der Waals surface area contributed by atoms with Gasteiger partial charge in [-0.15, -0.1) is 0 Å². The topological polar surface area (TPSA) is 53.1 Å². The van der Waals surface area contributed by atoms with Crippen molar-refractivity contribution in [3.63, 3.8) is 0 Å². The van der Waals surface area contributed by atoms with Gasteiger partial charge in [0.05, 0.1) is 11.0 Å². The highest BCUT2D eigenvalue weighted by atomic mass is 16.5. The Kier molecular flexibility index (Phi) is 3.33. The fraction of sp³-hybridized carbons (Fsp3) is 0.462. The van der Waals surface area contributed by atoms with Crippen LogP contribution >= 0.6 is 0 Å². The quantitative estimate of drug-likeness (QED) is 0.651. The summed E-state index contributed by atoms with van der Waals surface area (Å²) in [6.45, 7) is 5.71. The van der Waals surface area contributed by atoms with Gasteiger partial charge in [0.1, 0.15) is 5.82 Å². The normalized spacial score (nSPS) is 11.2. The number of nitrogens with two attached hydrogens (primary N) is 1. The van der Waals surface area contributed by atoms with Gasteiger partial charge in [0.15, 0.2) is 0 Å². The molecule has 2 rings (SSSR count). The van der Waals surface area contributed by atoms with E-state index in [2.05, 4.69) is 9.55 Å². The molecule has 1 heterocycles. The monoisotopic (exact) mass is 233 g/mol. The number of aryl methyl sites for hydroxylation is 3. The minimum absolute atomic E-state index is 0.764. The molecule has 1 aromatic carbocycles. The van der Waals surface area contributed by atoms with Crippen LogP contribution < -0.4 is 5.73 Å². The predicted octanol–water partition coefficient (Wildman–Crippen LogP) is 2.27. The number of methoxy groups -OCH3 is 1. The number of anilines is 1. The number of rotatable bonds is 4. The van der Waals surface area contributed by atoms with Crippen LogP contribution in [0.3, 0.4) is 0 Å². The second kappa shape index (κ2) is 4.75. The molecule has 0 spiro atoms. The molecule has 0 atom stereocenters. The van der Waals surface area contributed by atoms with Gasteiger partial charge in [-0.25, -0.2) is 4.98 Å². The number of imidazole rings is 1. The van der Waals surface area contributed by atoms with Crippen molar-refractivity contribution in [3.05, 3.63) is 23.5 Å². The van der Waals surface area contributed by atoms with Gasteiger partial charge in [-0.05, 0) is 38.0 Å². The predicted molar refractivity (Wildman–Crippen MR) is 70.1 cm³/mol. The van der Waals surface area contributed by atoms with E-state index in [0.29, 0.717) is 0 Å². The Bertz CT molecular complexity index is 531. The molecule has 1 aromatic heterocycles. The molecular weight excluding hydrogens is 214 g/mol. The van der Waals surface area contributed by atoms with Crippen molar-refractivity contribution < 1.29 is 4.74 Å². The lowest BCUT2D eigenvalue weighted by Gasteiger charge is -2.07. The average Bonchev–Trinajstić information content (AvgIpc) is 2.57. The summed E-state index contributed by atoms with van der Waals surface area (Å²) in [4.78, 5) is 4.56. The molecule has 0 saturated heterocycles. The molecule has 92 valence electrons. The van der Waals surface area contributed by atoms with E-state index in [-0.39, 0.29) is 0 Å². The minimum Gasteiger partial charge on any atom is -0.398 e. The Morgan fingerprint density at radius 2 is 2.12 bits per heavy atom. The summed E-state index contributed by atoms with van der Waals surface area (Å²) in [5.41, 5.74) is 9.99. The Morgan fingerprint density at radius 3 is 2.82 bits per heavy atom. The molecule has 0 amide bonds. The Morgan fingerprint density at radius 1 is 1.35 bits per heavy atom. The number of nitrogen functional groups attached to an aromatic ring is 1. The number of benzene rings is 1. The number of fused-ring (bicyclic) bond motifs is 1. The first-order valence-electron chi connectivity index (χ1n) is 5.85. The standard InChI is InChI=1S/C13H19N3O/c1-9-7-12-13(8-11(9)14)16(10(2)15-12)5-4-6-17-3/h7-8H,4-6,14H2,1-3H3. The van der Waals surface area contributed by atoms with Crippen LogP contribution in [0.25, 0.3) is 11.0 Å².